The minimum Gasteiger partial charge on any atom is -0.473 e. The molecule has 0 bridgehead atoms. The maximum atomic E-state index is 12.3. The zero-order chi connectivity index (χ0) is 19.2. The molecule has 0 aromatic heterocycles. The molecule has 4 nitrogen and oxygen atoms in total. The molecule has 0 spiro atoms. The summed E-state index contributed by atoms with van der Waals surface area (Å²) in [6.45, 7) is 6.31. The minimum absolute atomic E-state index is 0.0120. The Hall–Kier alpha value is -2.49. The van der Waals surface area contributed by atoms with Crippen LogP contribution in [0.2, 0.25) is 0 Å². The Bertz CT molecular complexity index is 801. The van der Waals surface area contributed by atoms with Crippen LogP contribution in [-0.2, 0) is 12.8 Å². The Morgan fingerprint density at radius 3 is 2.67 bits per heavy atom. The van der Waals surface area contributed by atoms with Crippen molar-refractivity contribution in [2.45, 2.75) is 58.9 Å². The molecule has 2 N–H and O–H groups in total. The monoisotopic (exact) mass is 366 g/mol. The van der Waals surface area contributed by atoms with Crippen molar-refractivity contribution < 1.29 is 9.53 Å². The van der Waals surface area contributed by atoms with E-state index in [2.05, 4.69) is 35.8 Å². The molecule has 1 aliphatic carbocycles. The number of fused-ring (bicyclic) bond motifs is 1. The largest absolute Gasteiger partial charge is 0.473 e. The van der Waals surface area contributed by atoms with E-state index in [1.54, 1.807) is 0 Å². The number of carbonyl (C=O) groups excluding carboxylic acids is 1. The number of benzene rings is 2. The van der Waals surface area contributed by atoms with Gasteiger partial charge >= 0.3 is 6.03 Å². The zero-order valence-electron chi connectivity index (χ0n) is 16.6. The highest BCUT2D eigenvalue weighted by molar-refractivity contribution is 5.74. The van der Waals surface area contributed by atoms with E-state index in [0.29, 0.717) is 0 Å². The van der Waals surface area contributed by atoms with Crippen molar-refractivity contribution in [3.63, 3.8) is 0 Å². The number of urea groups is 1. The van der Waals surface area contributed by atoms with Gasteiger partial charge in [0.1, 0.15) is 5.75 Å². The maximum absolute atomic E-state index is 12.3. The highest BCUT2D eigenvalue weighted by Gasteiger charge is 2.16. The number of aryl methyl sites for hydroxylation is 3. The summed E-state index contributed by atoms with van der Waals surface area (Å²) in [6, 6.07) is 12.4. The number of amides is 2. The molecule has 0 heterocycles. The van der Waals surface area contributed by atoms with Crippen LogP contribution in [0.5, 0.6) is 5.75 Å². The lowest BCUT2D eigenvalue weighted by Crippen LogP contribution is -2.39. The molecule has 1 atom stereocenters. The molecule has 4 heteroatoms. The number of nitrogens with one attached hydrogen (secondary N) is 2. The summed E-state index contributed by atoms with van der Waals surface area (Å²) in [5, 5.41) is 5.87. The summed E-state index contributed by atoms with van der Waals surface area (Å²) in [6.07, 6.45) is 5.72. The van der Waals surface area contributed by atoms with Crippen LogP contribution in [0.25, 0.3) is 0 Å². The van der Waals surface area contributed by atoms with Crippen molar-refractivity contribution in [2.75, 3.05) is 6.73 Å². The van der Waals surface area contributed by atoms with Crippen LogP contribution in [0.3, 0.4) is 0 Å². The number of rotatable bonds is 6. The topological polar surface area (TPSA) is 50.4 Å². The van der Waals surface area contributed by atoms with E-state index >= 15 is 0 Å². The molecule has 1 aliphatic rings. The summed E-state index contributed by atoms with van der Waals surface area (Å²) in [7, 11) is 0. The van der Waals surface area contributed by atoms with Gasteiger partial charge in [-0.15, -0.1) is 0 Å². The quantitative estimate of drug-likeness (QED) is 0.709. The van der Waals surface area contributed by atoms with Gasteiger partial charge in [0.15, 0.2) is 6.73 Å². The summed E-state index contributed by atoms with van der Waals surface area (Å²) in [5.74, 6) is 0.803. The van der Waals surface area contributed by atoms with Crippen molar-refractivity contribution in [1.29, 1.82) is 0 Å². The van der Waals surface area contributed by atoms with Crippen LogP contribution in [-0.4, -0.2) is 12.8 Å². The van der Waals surface area contributed by atoms with E-state index in [-0.39, 0.29) is 18.8 Å². The Labute approximate surface area is 162 Å². The molecule has 0 fully saturated rings. The third kappa shape index (κ3) is 4.82. The fraction of sp³-hybridized carbons (Fsp3) is 0.435. The third-order valence-electron chi connectivity index (χ3n) is 5.50. The van der Waals surface area contributed by atoms with Gasteiger partial charge in [-0.2, -0.15) is 0 Å². The second kappa shape index (κ2) is 8.94. The average molecular weight is 367 g/mol. The molecular weight excluding hydrogens is 336 g/mol. The molecule has 2 amide bonds. The molecule has 144 valence electrons. The standard InChI is InChI=1S/C23H30N2O2/c1-4-21(20-13-12-18-9-5-6-10-19(18)14-20)25-23(26)24-15-27-22-11-7-8-16(2)17(22)3/h7-8,11-14,21H,4-6,9-10,15H2,1-3H3,(H2,24,25,26). The Kier molecular flexibility index (Phi) is 6.38. The Morgan fingerprint density at radius 1 is 1.11 bits per heavy atom. The molecule has 0 saturated heterocycles. The third-order valence-corrected chi connectivity index (χ3v) is 5.50. The van der Waals surface area contributed by atoms with Gasteiger partial charge in [0.2, 0.25) is 0 Å². The lowest BCUT2D eigenvalue weighted by atomic mass is 9.89. The fourth-order valence-corrected chi connectivity index (χ4v) is 3.66. The van der Waals surface area contributed by atoms with Crippen LogP contribution in [0.15, 0.2) is 36.4 Å². The smallest absolute Gasteiger partial charge is 0.317 e. The molecule has 3 rings (SSSR count). The van der Waals surface area contributed by atoms with Gasteiger partial charge in [-0.3, -0.25) is 0 Å². The predicted octanol–water partition coefficient (Wildman–Crippen LogP) is 4.97. The van der Waals surface area contributed by atoms with Crippen LogP contribution in [0.1, 0.15) is 60.0 Å². The Balaban J connectivity index is 1.55. The van der Waals surface area contributed by atoms with Crippen molar-refractivity contribution in [1.82, 2.24) is 10.6 Å². The molecule has 2 aromatic carbocycles. The predicted molar refractivity (Wildman–Crippen MR) is 109 cm³/mol. The molecule has 0 radical (unpaired) electrons. The van der Waals surface area contributed by atoms with E-state index in [0.717, 1.165) is 24.2 Å². The number of ether oxygens (including phenoxy) is 1. The lowest BCUT2D eigenvalue weighted by molar-refractivity contribution is 0.220. The average Bonchev–Trinajstić information content (AvgIpc) is 2.69. The van der Waals surface area contributed by atoms with Crippen molar-refractivity contribution >= 4 is 6.03 Å². The number of carbonyl (C=O) groups is 1. The number of hydrogen-bond donors (Lipinski definition) is 2. The van der Waals surface area contributed by atoms with Gasteiger partial charge in [-0.1, -0.05) is 37.3 Å². The maximum Gasteiger partial charge on any atom is 0.317 e. The minimum atomic E-state index is -0.204. The van der Waals surface area contributed by atoms with Crippen LogP contribution in [0.4, 0.5) is 4.79 Å². The van der Waals surface area contributed by atoms with Gasteiger partial charge in [0, 0.05) is 0 Å². The first kappa shape index (κ1) is 19.3. The second-order valence-corrected chi connectivity index (χ2v) is 7.33. The molecular formula is C23H30N2O2. The first-order valence-corrected chi connectivity index (χ1v) is 9.93. The van der Waals surface area contributed by atoms with Crippen molar-refractivity contribution in [3.05, 3.63) is 64.2 Å². The first-order valence-electron chi connectivity index (χ1n) is 9.93. The van der Waals surface area contributed by atoms with Crippen molar-refractivity contribution in [3.8, 4) is 5.75 Å². The van der Waals surface area contributed by atoms with E-state index < -0.39 is 0 Å². The molecule has 27 heavy (non-hydrogen) atoms. The fourth-order valence-electron chi connectivity index (χ4n) is 3.66. The van der Waals surface area contributed by atoms with Gasteiger partial charge < -0.3 is 15.4 Å². The van der Waals surface area contributed by atoms with E-state index in [1.165, 1.54) is 41.5 Å². The van der Waals surface area contributed by atoms with E-state index in [1.807, 2.05) is 32.0 Å². The summed E-state index contributed by atoms with van der Waals surface area (Å²) >= 11 is 0. The van der Waals surface area contributed by atoms with Crippen LogP contribution in [0, 0.1) is 13.8 Å². The molecule has 1 unspecified atom stereocenters. The summed E-state index contributed by atoms with van der Waals surface area (Å²) in [4.78, 5) is 12.3. The first-order chi connectivity index (χ1) is 13.1. The lowest BCUT2D eigenvalue weighted by Gasteiger charge is -2.22. The normalized spacial score (nSPS) is 14.2. The summed E-state index contributed by atoms with van der Waals surface area (Å²) < 4.78 is 5.71. The van der Waals surface area contributed by atoms with Gasteiger partial charge in [0.25, 0.3) is 0 Å². The van der Waals surface area contributed by atoms with Crippen molar-refractivity contribution in [2.24, 2.45) is 0 Å². The zero-order valence-corrected chi connectivity index (χ0v) is 16.6. The Morgan fingerprint density at radius 2 is 1.89 bits per heavy atom. The second-order valence-electron chi connectivity index (χ2n) is 7.33. The summed E-state index contributed by atoms with van der Waals surface area (Å²) in [5.41, 5.74) is 6.36. The molecule has 0 saturated carbocycles. The molecule has 0 aliphatic heterocycles. The van der Waals surface area contributed by atoms with Gasteiger partial charge in [0.05, 0.1) is 6.04 Å². The van der Waals surface area contributed by atoms with Gasteiger partial charge in [-0.05, 0) is 79.8 Å². The van der Waals surface area contributed by atoms with E-state index in [4.69, 9.17) is 4.74 Å². The van der Waals surface area contributed by atoms with Crippen LogP contribution < -0.4 is 15.4 Å². The molecule has 2 aromatic rings. The van der Waals surface area contributed by atoms with Crippen LogP contribution >= 0.6 is 0 Å². The van der Waals surface area contributed by atoms with Gasteiger partial charge in [-0.25, -0.2) is 4.79 Å². The van der Waals surface area contributed by atoms with E-state index in [9.17, 15) is 4.79 Å². The highest BCUT2D eigenvalue weighted by Crippen LogP contribution is 2.26. The number of hydrogen-bond acceptors (Lipinski definition) is 2. The highest BCUT2D eigenvalue weighted by atomic mass is 16.5. The SMILES string of the molecule is CCC(NC(=O)NCOc1cccc(C)c1C)c1ccc2c(c1)CCCC2.